The van der Waals surface area contributed by atoms with Gasteiger partial charge in [0.15, 0.2) is 0 Å². The van der Waals surface area contributed by atoms with Crippen LogP contribution in [0.5, 0.6) is 0 Å². The van der Waals surface area contributed by atoms with Crippen LogP contribution in [0.15, 0.2) is 24.3 Å². The van der Waals surface area contributed by atoms with Gasteiger partial charge in [0.25, 0.3) is 0 Å². The Kier molecular flexibility index (Phi) is 3.27. The molecule has 0 N–H and O–H groups in total. The van der Waals surface area contributed by atoms with Gasteiger partial charge < -0.3 is 0 Å². The van der Waals surface area contributed by atoms with E-state index < -0.39 is 16.1 Å². The molecule has 0 saturated heterocycles. The Balaban J connectivity index is 2.94. The Bertz CT molecular complexity index is 224. The molecule has 0 spiro atoms. The van der Waals surface area contributed by atoms with Gasteiger partial charge in [0.1, 0.15) is 0 Å². The summed E-state index contributed by atoms with van der Waals surface area (Å²) in [4.78, 5) is 0. The van der Waals surface area contributed by atoms with E-state index in [1.165, 1.54) is 0 Å². The molecule has 0 amide bonds. The first-order chi connectivity index (χ1) is 6.23. The molecule has 1 aliphatic carbocycles. The van der Waals surface area contributed by atoms with Crippen molar-refractivity contribution in [1.29, 1.82) is 0 Å². The average Bonchev–Trinajstić information content (AvgIpc) is 2.31. The highest BCUT2D eigenvalue weighted by Gasteiger charge is 2.41. The fraction of sp³-hybridized carbons (Fsp3) is 0.667. The molecule has 2 heteroatoms. The van der Waals surface area contributed by atoms with Crippen LogP contribution >= 0.6 is 0 Å². The van der Waals surface area contributed by atoms with Gasteiger partial charge in [0.05, 0.1) is 0 Å². The minimum Gasteiger partial charge on any atom is -0.0779 e. The zero-order valence-electron chi connectivity index (χ0n) is 10.5. The normalized spacial score (nSPS) is 18.5. The van der Waals surface area contributed by atoms with E-state index in [2.05, 4.69) is 63.6 Å². The van der Waals surface area contributed by atoms with E-state index in [4.69, 9.17) is 0 Å². The predicted molar refractivity (Wildman–Crippen MR) is 72.2 cm³/mol. The fourth-order valence-electron chi connectivity index (χ4n) is 3.13. The van der Waals surface area contributed by atoms with Crippen LogP contribution in [0.2, 0.25) is 44.4 Å². The second-order valence-electron chi connectivity index (χ2n) is 6.56. The molecule has 14 heavy (non-hydrogen) atoms. The Hall–Kier alpha value is -0.0862. The van der Waals surface area contributed by atoms with Crippen molar-refractivity contribution in [3.8, 4) is 0 Å². The van der Waals surface area contributed by atoms with Gasteiger partial charge in [-0.15, -0.1) is 0 Å². The maximum Gasteiger partial charge on any atom is 0.0456 e. The third kappa shape index (κ3) is 2.70. The molecule has 0 unspecified atom stereocenters. The van der Waals surface area contributed by atoms with Crippen LogP contribution in [0.4, 0.5) is 0 Å². The fourth-order valence-corrected chi connectivity index (χ4v) is 16.3. The largest absolute Gasteiger partial charge is 0.0779 e. The first-order valence-corrected chi connectivity index (χ1v) is 12.7. The van der Waals surface area contributed by atoms with Gasteiger partial charge in [-0.3, -0.25) is 0 Å². The Labute approximate surface area is 91.1 Å². The number of rotatable bonds is 3. The summed E-state index contributed by atoms with van der Waals surface area (Å²) in [5.74, 6) is 0.744. The molecule has 0 atom stereocenters. The highest BCUT2D eigenvalue weighted by molar-refractivity contribution is 6.96. The van der Waals surface area contributed by atoms with Crippen LogP contribution in [0, 0.1) is 5.92 Å². The van der Waals surface area contributed by atoms with Gasteiger partial charge in [0, 0.05) is 16.1 Å². The summed E-state index contributed by atoms with van der Waals surface area (Å²) in [6, 6.07) is 0. The van der Waals surface area contributed by atoms with Gasteiger partial charge in [0.2, 0.25) is 0 Å². The zero-order chi connectivity index (χ0) is 11.0. The molecule has 0 heterocycles. The van der Waals surface area contributed by atoms with E-state index in [1.54, 1.807) is 0 Å². The van der Waals surface area contributed by atoms with Crippen molar-refractivity contribution in [1.82, 2.24) is 0 Å². The Morgan fingerprint density at radius 3 is 1.43 bits per heavy atom. The van der Waals surface area contributed by atoms with Crippen LogP contribution in [-0.2, 0) is 0 Å². The van der Waals surface area contributed by atoms with Gasteiger partial charge in [-0.2, -0.15) is 0 Å². The second-order valence-corrected chi connectivity index (χ2v) is 17.8. The van der Waals surface area contributed by atoms with Crippen LogP contribution in [0.3, 0.4) is 0 Å². The molecule has 0 aromatic carbocycles. The van der Waals surface area contributed by atoms with Crippen LogP contribution in [0.25, 0.3) is 0 Å². The van der Waals surface area contributed by atoms with E-state index in [1.807, 2.05) is 0 Å². The van der Waals surface area contributed by atoms with E-state index >= 15 is 0 Å². The number of allylic oxidation sites excluding steroid dienone is 4. The van der Waals surface area contributed by atoms with Gasteiger partial charge in [-0.05, 0) is 11.1 Å². The maximum atomic E-state index is 2.52. The standard InChI is InChI=1S/C12H24Si2/c1-13(2,3)12(14(4,5)6)11-9-7-8-10-11/h7-12H,1-6H3. The maximum absolute atomic E-state index is 2.52. The molecular weight excluding hydrogens is 200 g/mol. The highest BCUT2D eigenvalue weighted by Crippen LogP contribution is 2.41. The molecule has 0 saturated carbocycles. The van der Waals surface area contributed by atoms with Gasteiger partial charge >= 0.3 is 0 Å². The lowest BCUT2D eigenvalue weighted by Crippen LogP contribution is -2.46. The lowest BCUT2D eigenvalue weighted by Gasteiger charge is -2.41. The summed E-state index contributed by atoms with van der Waals surface area (Å²) in [5, 5.41) is 0.977. The van der Waals surface area contributed by atoms with Gasteiger partial charge in [-0.25, -0.2) is 0 Å². The summed E-state index contributed by atoms with van der Waals surface area (Å²) in [7, 11) is -2.06. The third-order valence-electron chi connectivity index (χ3n) is 3.03. The van der Waals surface area contributed by atoms with Crippen molar-refractivity contribution in [2.24, 2.45) is 5.92 Å². The monoisotopic (exact) mass is 224 g/mol. The molecule has 0 fully saturated rings. The topological polar surface area (TPSA) is 0 Å². The summed E-state index contributed by atoms with van der Waals surface area (Å²) >= 11 is 0. The van der Waals surface area contributed by atoms with Crippen molar-refractivity contribution in [3.63, 3.8) is 0 Å². The molecular formula is C12H24Si2. The third-order valence-corrected chi connectivity index (χ3v) is 12.7. The van der Waals surface area contributed by atoms with Crippen LogP contribution in [0.1, 0.15) is 0 Å². The van der Waals surface area contributed by atoms with Crippen molar-refractivity contribution < 1.29 is 0 Å². The number of hydrogen-bond acceptors (Lipinski definition) is 0. The summed E-state index contributed by atoms with van der Waals surface area (Å²) in [5.41, 5.74) is 0. The van der Waals surface area contributed by atoms with Crippen LogP contribution < -0.4 is 0 Å². The summed E-state index contributed by atoms with van der Waals surface area (Å²) in [6.07, 6.45) is 9.25. The molecule has 0 radical (unpaired) electrons. The zero-order valence-corrected chi connectivity index (χ0v) is 12.5. The van der Waals surface area contributed by atoms with E-state index in [0.29, 0.717) is 0 Å². The van der Waals surface area contributed by atoms with Crippen molar-refractivity contribution in [2.75, 3.05) is 0 Å². The molecule has 0 bridgehead atoms. The lowest BCUT2D eigenvalue weighted by molar-refractivity contribution is 0.842. The van der Waals surface area contributed by atoms with Crippen molar-refractivity contribution in [3.05, 3.63) is 24.3 Å². The average molecular weight is 224 g/mol. The Morgan fingerprint density at radius 1 is 0.786 bits per heavy atom. The summed E-state index contributed by atoms with van der Waals surface area (Å²) < 4.78 is 0. The smallest absolute Gasteiger partial charge is 0.0456 e. The molecule has 1 rings (SSSR count). The SMILES string of the molecule is C[Si](C)(C)C(C1C=CC=C1)[Si](C)(C)C. The molecule has 80 valence electrons. The quantitative estimate of drug-likeness (QED) is 0.627. The van der Waals surface area contributed by atoms with E-state index in [-0.39, 0.29) is 0 Å². The summed E-state index contributed by atoms with van der Waals surface area (Å²) in [6.45, 7) is 15.1. The van der Waals surface area contributed by atoms with E-state index in [0.717, 1.165) is 11.1 Å². The van der Waals surface area contributed by atoms with Crippen molar-refractivity contribution in [2.45, 2.75) is 44.4 Å². The molecule has 0 aromatic rings. The van der Waals surface area contributed by atoms with Crippen molar-refractivity contribution >= 4 is 16.1 Å². The molecule has 0 nitrogen and oxygen atoms in total. The minimum absolute atomic E-state index is 0.744. The number of hydrogen-bond donors (Lipinski definition) is 0. The van der Waals surface area contributed by atoms with Crippen LogP contribution in [-0.4, -0.2) is 16.1 Å². The predicted octanol–water partition coefficient (Wildman–Crippen LogP) is 4.31. The first kappa shape index (κ1) is 12.0. The Morgan fingerprint density at radius 2 is 1.14 bits per heavy atom. The molecule has 0 aliphatic heterocycles. The minimum atomic E-state index is -1.03. The second kappa shape index (κ2) is 3.82. The first-order valence-electron chi connectivity index (χ1n) is 5.58. The molecule has 1 aliphatic rings. The van der Waals surface area contributed by atoms with Gasteiger partial charge in [-0.1, -0.05) is 63.6 Å². The lowest BCUT2D eigenvalue weighted by atomic mass is 10.2. The highest BCUT2D eigenvalue weighted by atomic mass is 28.4. The molecule has 0 aromatic heterocycles. The van der Waals surface area contributed by atoms with E-state index in [9.17, 15) is 0 Å².